The number of halogens is 1. The smallest absolute Gasteiger partial charge is 0.240 e. The second-order valence-electron chi connectivity index (χ2n) is 5.16. The molecule has 2 unspecified atom stereocenters. The summed E-state index contributed by atoms with van der Waals surface area (Å²) < 4.78 is 28.4. The lowest BCUT2D eigenvalue weighted by Crippen LogP contribution is -2.50. The highest BCUT2D eigenvalue weighted by molar-refractivity contribution is 9.10. The van der Waals surface area contributed by atoms with Gasteiger partial charge in [-0.25, -0.2) is 13.1 Å². The zero-order chi connectivity index (χ0) is 14.0. The van der Waals surface area contributed by atoms with Crippen molar-refractivity contribution in [3.8, 4) is 0 Å². The van der Waals surface area contributed by atoms with Gasteiger partial charge in [0.05, 0.1) is 4.90 Å². The van der Waals surface area contributed by atoms with E-state index in [0.717, 1.165) is 23.0 Å². The topological polar surface area (TPSA) is 58.2 Å². The normalized spacial score (nSPS) is 24.4. The number of benzene rings is 1. The summed E-state index contributed by atoms with van der Waals surface area (Å²) in [7, 11) is -3.46. The molecule has 1 aliphatic rings. The van der Waals surface area contributed by atoms with Crippen LogP contribution in [0, 0.1) is 12.8 Å². The summed E-state index contributed by atoms with van der Waals surface area (Å²) in [5.41, 5.74) is 0.921. The molecule has 1 aliphatic heterocycles. The molecule has 0 amide bonds. The summed E-state index contributed by atoms with van der Waals surface area (Å²) in [6, 6.07) is 5.17. The standard InChI is InChI=1S/C13H19BrN2O2S/c1-9-5-11(14)7-12(6-9)19(17,18)16-13-8-15-4-3-10(13)2/h5-7,10,13,15-16H,3-4,8H2,1-2H3. The summed E-state index contributed by atoms with van der Waals surface area (Å²) in [4.78, 5) is 0.317. The van der Waals surface area contributed by atoms with E-state index >= 15 is 0 Å². The highest BCUT2D eigenvalue weighted by atomic mass is 79.9. The monoisotopic (exact) mass is 346 g/mol. The predicted octanol–water partition coefficient (Wildman–Crippen LogP) is 2.03. The third kappa shape index (κ3) is 3.78. The molecule has 0 aliphatic carbocycles. The van der Waals surface area contributed by atoms with Crippen LogP contribution in [0.1, 0.15) is 18.9 Å². The molecule has 1 heterocycles. The summed E-state index contributed by atoms with van der Waals surface area (Å²) in [5, 5.41) is 3.23. The first-order valence-electron chi connectivity index (χ1n) is 6.39. The molecule has 2 N–H and O–H groups in total. The first-order valence-corrected chi connectivity index (χ1v) is 8.66. The average molecular weight is 347 g/mol. The van der Waals surface area contributed by atoms with Crippen LogP contribution in [-0.4, -0.2) is 27.5 Å². The number of nitrogens with one attached hydrogen (secondary N) is 2. The molecule has 0 bridgehead atoms. The maximum Gasteiger partial charge on any atom is 0.240 e. The Morgan fingerprint density at radius 1 is 1.37 bits per heavy atom. The lowest BCUT2D eigenvalue weighted by Gasteiger charge is -2.30. The van der Waals surface area contributed by atoms with Gasteiger partial charge in [0.1, 0.15) is 0 Å². The largest absolute Gasteiger partial charge is 0.315 e. The molecule has 1 aromatic rings. The molecular weight excluding hydrogens is 328 g/mol. The quantitative estimate of drug-likeness (QED) is 0.880. The van der Waals surface area contributed by atoms with Crippen LogP contribution in [0.5, 0.6) is 0 Å². The van der Waals surface area contributed by atoms with Crippen molar-refractivity contribution in [3.05, 3.63) is 28.2 Å². The van der Waals surface area contributed by atoms with Crippen molar-refractivity contribution in [1.29, 1.82) is 0 Å². The van der Waals surface area contributed by atoms with Gasteiger partial charge in [-0.3, -0.25) is 0 Å². The minimum absolute atomic E-state index is 0.0435. The molecule has 0 spiro atoms. The maximum absolute atomic E-state index is 12.4. The second-order valence-corrected chi connectivity index (χ2v) is 7.79. The Morgan fingerprint density at radius 3 is 2.74 bits per heavy atom. The molecule has 1 aromatic carbocycles. The lowest BCUT2D eigenvalue weighted by atomic mass is 9.96. The molecule has 106 valence electrons. The predicted molar refractivity (Wildman–Crippen MR) is 79.6 cm³/mol. The fourth-order valence-corrected chi connectivity index (χ4v) is 4.51. The van der Waals surface area contributed by atoms with E-state index in [-0.39, 0.29) is 6.04 Å². The van der Waals surface area contributed by atoms with Crippen LogP contribution in [0.15, 0.2) is 27.6 Å². The van der Waals surface area contributed by atoms with Crippen LogP contribution in [0.25, 0.3) is 0 Å². The van der Waals surface area contributed by atoms with E-state index in [1.807, 2.05) is 13.0 Å². The maximum atomic E-state index is 12.4. The number of aryl methyl sites for hydroxylation is 1. The Labute approximate surface area is 123 Å². The van der Waals surface area contributed by atoms with Crippen molar-refractivity contribution in [2.45, 2.75) is 31.2 Å². The van der Waals surface area contributed by atoms with Gasteiger partial charge in [-0.15, -0.1) is 0 Å². The zero-order valence-electron chi connectivity index (χ0n) is 11.1. The molecule has 0 aromatic heterocycles. The molecule has 4 nitrogen and oxygen atoms in total. The Morgan fingerprint density at radius 2 is 2.11 bits per heavy atom. The van der Waals surface area contributed by atoms with Crippen LogP contribution >= 0.6 is 15.9 Å². The van der Waals surface area contributed by atoms with Crippen LogP contribution in [0.2, 0.25) is 0 Å². The molecule has 19 heavy (non-hydrogen) atoms. The van der Waals surface area contributed by atoms with Crippen LogP contribution in [0.4, 0.5) is 0 Å². The highest BCUT2D eigenvalue weighted by Crippen LogP contribution is 2.21. The summed E-state index contributed by atoms with van der Waals surface area (Å²) in [5.74, 6) is 0.351. The van der Waals surface area contributed by atoms with E-state index in [9.17, 15) is 8.42 Å². The third-order valence-corrected chi connectivity index (χ3v) is 5.39. The molecule has 2 rings (SSSR count). The SMILES string of the molecule is Cc1cc(Br)cc(S(=O)(=O)NC2CNCCC2C)c1. The Hall–Kier alpha value is -0.430. The molecular formula is C13H19BrN2O2S. The van der Waals surface area contributed by atoms with E-state index < -0.39 is 10.0 Å². The molecule has 1 saturated heterocycles. The lowest BCUT2D eigenvalue weighted by molar-refractivity contribution is 0.327. The Bertz CT molecular complexity index is 540. The van der Waals surface area contributed by atoms with E-state index in [4.69, 9.17) is 0 Å². The second kappa shape index (κ2) is 5.91. The number of hydrogen-bond donors (Lipinski definition) is 2. The molecule has 2 atom stereocenters. The highest BCUT2D eigenvalue weighted by Gasteiger charge is 2.26. The van der Waals surface area contributed by atoms with Crippen molar-refractivity contribution in [2.75, 3.05) is 13.1 Å². The Kier molecular flexibility index (Phi) is 4.66. The summed E-state index contributed by atoms with van der Waals surface area (Å²) >= 11 is 3.34. The average Bonchev–Trinajstić information content (AvgIpc) is 2.31. The van der Waals surface area contributed by atoms with Crippen LogP contribution < -0.4 is 10.0 Å². The molecule has 0 saturated carbocycles. The van der Waals surface area contributed by atoms with Crippen molar-refractivity contribution >= 4 is 26.0 Å². The van der Waals surface area contributed by atoms with Gasteiger partial charge in [0, 0.05) is 17.1 Å². The van der Waals surface area contributed by atoms with Crippen molar-refractivity contribution in [1.82, 2.24) is 10.0 Å². The zero-order valence-corrected chi connectivity index (χ0v) is 13.5. The fraction of sp³-hybridized carbons (Fsp3) is 0.538. The minimum atomic E-state index is -3.46. The molecule has 0 radical (unpaired) electrons. The van der Waals surface area contributed by atoms with Gasteiger partial charge < -0.3 is 5.32 Å². The van der Waals surface area contributed by atoms with E-state index in [1.54, 1.807) is 12.1 Å². The van der Waals surface area contributed by atoms with Crippen molar-refractivity contribution in [3.63, 3.8) is 0 Å². The summed E-state index contributed by atoms with van der Waals surface area (Å²) in [6.07, 6.45) is 0.991. The third-order valence-electron chi connectivity index (χ3n) is 3.46. The number of hydrogen-bond acceptors (Lipinski definition) is 3. The first kappa shape index (κ1) is 15.0. The summed E-state index contributed by atoms with van der Waals surface area (Å²) in [6.45, 7) is 5.61. The van der Waals surface area contributed by atoms with Gasteiger partial charge in [0.25, 0.3) is 0 Å². The Balaban J connectivity index is 2.22. The number of rotatable bonds is 3. The molecule has 1 fully saturated rings. The fourth-order valence-electron chi connectivity index (χ4n) is 2.27. The first-order chi connectivity index (χ1) is 8.88. The van der Waals surface area contributed by atoms with Gasteiger partial charge in [-0.05, 0) is 49.6 Å². The van der Waals surface area contributed by atoms with Gasteiger partial charge in [-0.1, -0.05) is 22.9 Å². The van der Waals surface area contributed by atoms with Crippen LogP contribution in [0.3, 0.4) is 0 Å². The van der Waals surface area contributed by atoms with Gasteiger partial charge in [0.2, 0.25) is 10.0 Å². The van der Waals surface area contributed by atoms with Crippen molar-refractivity contribution in [2.24, 2.45) is 5.92 Å². The van der Waals surface area contributed by atoms with Gasteiger partial charge >= 0.3 is 0 Å². The number of piperidine rings is 1. The van der Waals surface area contributed by atoms with Gasteiger partial charge in [0.15, 0.2) is 0 Å². The van der Waals surface area contributed by atoms with Crippen molar-refractivity contribution < 1.29 is 8.42 Å². The number of sulfonamides is 1. The van der Waals surface area contributed by atoms with E-state index in [2.05, 4.69) is 32.9 Å². The molecule has 6 heteroatoms. The van der Waals surface area contributed by atoms with E-state index in [0.29, 0.717) is 17.4 Å². The van der Waals surface area contributed by atoms with E-state index in [1.165, 1.54) is 0 Å². The van der Waals surface area contributed by atoms with Crippen LogP contribution in [-0.2, 0) is 10.0 Å². The minimum Gasteiger partial charge on any atom is -0.315 e. The van der Waals surface area contributed by atoms with Gasteiger partial charge in [-0.2, -0.15) is 0 Å².